The largest absolute Gasteiger partial charge is 0.442 e. The minimum absolute atomic E-state index is 0.265. The Morgan fingerprint density at radius 2 is 1.62 bits per heavy atom. The summed E-state index contributed by atoms with van der Waals surface area (Å²) in [5, 5.41) is 9.47. The van der Waals surface area contributed by atoms with Gasteiger partial charge in [0.2, 0.25) is 5.89 Å². The number of para-hydroxylation sites is 1. The van der Waals surface area contributed by atoms with Gasteiger partial charge in [0.25, 0.3) is 5.91 Å². The van der Waals surface area contributed by atoms with E-state index in [1.54, 1.807) is 55.5 Å². The van der Waals surface area contributed by atoms with E-state index in [-0.39, 0.29) is 5.91 Å². The zero-order valence-electron chi connectivity index (χ0n) is 21.3. The van der Waals surface area contributed by atoms with Gasteiger partial charge < -0.3 is 14.6 Å². The summed E-state index contributed by atoms with van der Waals surface area (Å²) in [6.07, 6.45) is 1.66. The smallest absolute Gasteiger partial charge is 0.273 e. The third kappa shape index (κ3) is 5.10. The number of thioether (sulfide) groups is 3. The Morgan fingerprint density at radius 1 is 1.00 bits per heavy atom. The highest BCUT2D eigenvalue weighted by molar-refractivity contribution is 8.17. The molecule has 3 aliphatic heterocycles. The number of nitrogens with one attached hydrogen (secondary N) is 1. The summed E-state index contributed by atoms with van der Waals surface area (Å²) in [7, 11) is 1.58. The average Bonchev–Trinajstić information content (AvgIpc) is 3.67. The van der Waals surface area contributed by atoms with Crippen LogP contribution in [0.5, 0.6) is 5.75 Å². The standard InChI is InChI=1S/C25H28N6O3S3/c1-15-18(19(32)26-5)28-20(33-15)23(2)12-36-22(30-23)25(4)14-37-21(31-25)24(3)13-35-17(29-24)11-27-34-16-9-7-6-8-10-16/h6-11H,12-14H2,1-5H3,(H,26,32)/b27-11+/t23-,24-,25-/m0/s1. The van der Waals surface area contributed by atoms with Crippen LogP contribution in [0.25, 0.3) is 0 Å². The maximum absolute atomic E-state index is 12.1. The predicted octanol–water partition coefficient (Wildman–Crippen LogP) is 4.58. The molecule has 2 aromatic rings. The van der Waals surface area contributed by atoms with Crippen LogP contribution in [-0.2, 0) is 5.54 Å². The molecule has 12 heteroatoms. The highest BCUT2D eigenvalue weighted by Crippen LogP contribution is 2.45. The van der Waals surface area contributed by atoms with Gasteiger partial charge in [0.1, 0.15) is 27.4 Å². The van der Waals surface area contributed by atoms with E-state index in [1.165, 1.54) is 0 Å². The number of benzene rings is 1. The van der Waals surface area contributed by atoms with Gasteiger partial charge in [0.05, 0.1) is 16.3 Å². The van der Waals surface area contributed by atoms with Gasteiger partial charge in [-0.3, -0.25) is 19.8 Å². The van der Waals surface area contributed by atoms with Crippen LogP contribution >= 0.6 is 35.3 Å². The fourth-order valence-corrected chi connectivity index (χ4v) is 7.84. The molecule has 0 fully saturated rings. The summed E-state index contributed by atoms with van der Waals surface area (Å²) >= 11 is 5.05. The van der Waals surface area contributed by atoms with E-state index in [0.29, 0.717) is 28.8 Å². The van der Waals surface area contributed by atoms with Gasteiger partial charge >= 0.3 is 0 Å². The van der Waals surface area contributed by atoms with Crippen LogP contribution in [0, 0.1) is 6.92 Å². The number of carbonyl (C=O) groups excluding carboxylic acids is 1. The second kappa shape index (κ2) is 9.95. The lowest BCUT2D eigenvalue weighted by atomic mass is 10.0. The lowest BCUT2D eigenvalue weighted by Gasteiger charge is -2.20. The topological polar surface area (TPSA) is 114 Å². The summed E-state index contributed by atoms with van der Waals surface area (Å²) < 4.78 is 5.88. The number of rotatable bonds is 7. The monoisotopic (exact) mass is 556 g/mol. The zero-order chi connectivity index (χ0) is 26.3. The van der Waals surface area contributed by atoms with E-state index in [9.17, 15) is 4.79 Å². The van der Waals surface area contributed by atoms with Crippen LogP contribution in [0.15, 0.2) is 54.9 Å². The SMILES string of the molecule is CNC(=O)c1nc([C@]2(C)CSC([C@]3(C)CSC([C@]4(C)CSC(/C=N/Oc5ccccc5)=N4)=N3)=N2)oc1C. The molecule has 5 rings (SSSR count). The second-order valence-electron chi connectivity index (χ2n) is 9.61. The molecule has 3 aliphatic rings. The van der Waals surface area contributed by atoms with Crippen LogP contribution < -0.4 is 10.2 Å². The molecule has 0 saturated carbocycles. The summed E-state index contributed by atoms with van der Waals surface area (Å²) in [6.45, 7) is 7.97. The molecule has 0 radical (unpaired) electrons. The van der Waals surface area contributed by atoms with Crippen molar-refractivity contribution in [3.63, 3.8) is 0 Å². The third-order valence-electron chi connectivity index (χ3n) is 6.22. The van der Waals surface area contributed by atoms with Gasteiger partial charge in [0, 0.05) is 24.3 Å². The molecular formula is C25H28N6O3S3. The van der Waals surface area contributed by atoms with Crippen LogP contribution in [0.2, 0.25) is 0 Å². The van der Waals surface area contributed by atoms with Gasteiger partial charge in [-0.2, -0.15) is 0 Å². The highest BCUT2D eigenvalue weighted by Gasteiger charge is 2.48. The Bertz CT molecular complexity index is 1340. The Balaban J connectivity index is 1.32. The number of carbonyl (C=O) groups is 1. The molecule has 1 amide bonds. The predicted molar refractivity (Wildman–Crippen MR) is 154 cm³/mol. The van der Waals surface area contributed by atoms with Crippen LogP contribution in [0.4, 0.5) is 0 Å². The molecule has 4 heterocycles. The van der Waals surface area contributed by atoms with E-state index < -0.39 is 16.6 Å². The van der Waals surface area contributed by atoms with Crippen molar-refractivity contribution in [1.82, 2.24) is 10.3 Å². The van der Waals surface area contributed by atoms with E-state index in [1.807, 2.05) is 37.3 Å². The fourth-order valence-electron chi connectivity index (χ4n) is 4.03. The van der Waals surface area contributed by atoms with Crippen LogP contribution in [0.1, 0.15) is 42.9 Å². The lowest BCUT2D eigenvalue weighted by Crippen LogP contribution is -2.33. The van der Waals surface area contributed by atoms with Crippen molar-refractivity contribution in [3.05, 3.63) is 47.7 Å². The van der Waals surface area contributed by atoms with Crippen molar-refractivity contribution in [2.45, 2.75) is 44.3 Å². The highest BCUT2D eigenvalue weighted by atomic mass is 32.2. The molecular weight excluding hydrogens is 529 g/mol. The van der Waals surface area contributed by atoms with E-state index >= 15 is 0 Å². The molecule has 0 unspecified atom stereocenters. The molecule has 1 N–H and O–H groups in total. The number of aliphatic imine (C=N–C) groups is 3. The Hall–Kier alpha value is -2.57. The maximum Gasteiger partial charge on any atom is 0.273 e. The fraction of sp³-hybridized carbons (Fsp3) is 0.440. The maximum atomic E-state index is 12.1. The number of hydrogen-bond acceptors (Lipinski definition) is 11. The van der Waals surface area contributed by atoms with Crippen molar-refractivity contribution in [1.29, 1.82) is 0 Å². The van der Waals surface area contributed by atoms with Crippen molar-refractivity contribution >= 4 is 62.5 Å². The number of oxazole rings is 1. The number of amides is 1. The lowest BCUT2D eigenvalue weighted by molar-refractivity contribution is 0.0957. The van der Waals surface area contributed by atoms with E-state index in [0.717, 1.165) is 26.6 Å². The molecule has 0 spiro atoms. The minimum Gasteiger partial charge on any atom is -0.442 e. The van der Waals surface area contributed by atoms with Crippen molar-refractivity contribution in [3.8, 4) is 5.75 Å². The Kier molecular flexibility index (Phi) is 7.01. The number of hydrogen-bond donors (Lipinski definition) is 1. The van der Waals surface area contributed by atoms with Crippen molar-refractivity contribution < 1.29 is 14.0 Å². The van der Waals surface area contributed by atoms with E-state index in [2.05, 4.69) is 29.3 Å². The van der Waals surface area contributed by atoms with Gasteiger partial charge in [-0.15, -0.1) is 35.3 Å². The summed E-state index contributed by atoms with van der Waals surface area (Å²) in [6, 6.07) is 9.45. The van der Waals surface area contributed by atoms with Crippen molar-refractivity contribution in [2.75, 3.05) is 24.3 Å². The molecule has 3 atom stereocenters. The summed E-state index contributed by atoms with van der Waals surface area (Å²) in [4.78, 5) is 37.1. The van der Waals surface area contributed by atoms with Gasteiger partial charge in [-0.1, -0.05) is 23.4 Å². The number of oxime groups is 1. The summed E-state index contributed by atoms with van der Waals surface area (Å²) in [5.74, 6) is 3.61. The summed E-state index contributed by atoms with van der Waals surface area (Å²) in [5.41, 5.74) is -1.23. The van der Waals surface area contributed by atoms with Gasteiger partial charge in [-0.05, 0) is 39.8 Å². The normalized spacial score (nSPS) is 29.4. The molecule has 37 heavy (non-hydrogen) atoms. The first-order valence-corrected chi connectivity index (χ1v) is 14.7. The first-order valence-electron chi connectivity index (χ1n) is 11.8. The molecule has 0 saturated heterocycles. The molecule has 1 aromatic carbocycles. The minimum atomic E-state index is -0.656. The second-order valence-corrected chi connectivity index (χ2v) is 12.5. The first kappa shape index (κ1) is 26.1. The number of aryl methyl sites for hydroxylation is 1. The molecule has 9 nitrogen and oxygen atoms in total. The van der Waals surface area contributed by atoms with Crippen LogP contribution in [-0.4, -0.2) is 67.6 Å². The molecule has 194 valence electrons. The third-order valence-corrected chi connectivity index (χ3v) is 10.4. The van der Waals surface area contributed by atoms with E-state index in [4.69, 9.17) is 24.2 Å². The van der Waals surface area contributed by atoms with Gasteiger partial charge in [-0.25, -0.2) is 4.98 Å². The Labute approximate surface area is 228 Å². The van der Waals surface area contributed by atoms with Crippen LogP contribution in [0.3, 0.4) is 0 Å². The molecule has 0 bridgehead atoms. The zero-order valence-corrected chi connectivity index (χ0v) is 23.7. The first-order chi connectivity index (χ1) is 17.6. The molecule has 1 aromatic heterocycles. The van der Waals surface area contributed by atoms with Crippen molar-refractivity contribution in [2.24, 2.45) is 20.1 Å². The Morgan fingerprint density at radius 3 is 2.32 bits per heavy atom. The average molecular weight is 557 g/mol. The van der Waals surface area contributed by atoms with Gasteiger partial charge in [0.15, 0.2) is 11.4 Å². The molecule has 0 aliphatic carbocycles. The number of nitrogens with zero attached hydrogens (tertiary/aromatic N) is 5. The quantitative estimate of drug-likeness (QED) is 0.392. The number of aromatic nitrogens is 1.